The molecule has 1 aliphatic rings. The van der Waals surface area contributed by atoms with E-state index in [4.69, 9.17) is 18.9 Å². The number of ether oxygens (including phenoxy) is 4. The number of benzene rings is 1. The number of morpholine rings is 1. The molecule has 0 aromatic heterocycles. The molecule has 1 fully saturated rings. The van der Waals surface area contributed by atoms with E-state index in [2.05, 4.69) is 5.32 Å². The number of nitrogens with zero attached hydrogens (tertiary/aromatic N) is 1. The first kappa shape index (κ1) is 20.3. The number of methoxy groups -OCH3 is 3. The molecule has 8 heteroatoms. The van der Waals surface area contributed by atoms with Crippen LogP contribution in [-0.4, -0.2) is 59.6 Å². The topological polar surface area (TPSA) is 69.3 Å². The molecule has 0 bridgehead atoms. The number of amides is 1. The molecule has 0 spiro atoms. The van der Waals surface area contributed by atoms with Gasteiger partial charge in [-0.25, -0.2) is 0 Å². The number of carbonyl (C=O) groups excluding carboxylic acids is 1. The Hall–Kier alpha value is -1.70. The number of carbonyl (C=O) groups is 1. The summed E-state index contributed by atoms with van der Waals surface area (Å²) in [5.74, 6) is 1.42. The van der Waals surface area contributed by atoms with E-state index in [1.54, 1.807) is 45.4 Å². The van der Waals surface area contributed by atoms with E-state index in [1.165, 1.54) is 0 Å². The lowest BCUT2D eigenvalue weighted by molar-refractivity contribution is -0.126. The van der Waals surface area contributed by atoms with Gasteiger partial charge < -0.3 is 29.2 Å². The molecule has 0 aliphatic carbocycles. The Morgan fingerprint density at radius 2 is 1.79 bits per heavy atom. The standard InChI is InChI=1S/C16H24N2O5.ClH/c1-10-14(17-6-7-23-10)16(19)18(2)11-8-12(20-3)15(22-5)13(9-11)21-4;/h8-10,14,17H,6-7H2,1-5H3;1H/t10-,14+;/m1./s1. The molecule has 1 saturated heterocycles. The third kappa shape index (κ3) is 4.03. The average Bonchev–Trinajstić information content (AvgIpc) is 2.59. The zero-order chi connectivity index (χ0) is 17.0. The maximum Gasteiger partial charge on any atom is 0.246 e. The van der Waals surface area contributed by atoms with Gasteiger partial charge in [-0.2, -0.15) is 0 Å². The first-order valence-electron chi connectivity index (χ1n) is 7.46. The highest BCUT2D eigenvalue weighted by Crippen LogP contribution is 2.40. The molecule has 0 unspecified atom stereocenters. The van der Waals surface area contributed by atoms with E-state index < -0.39 is 0 Å². The summed E-state index contributed by atoms with van der Waals surface area (Å²) in [4.78, 5) is 14.3. The third-order valence-electron chi connectivity index (χ3n) is 3.95. The van der Waals surface area contributed by atoms with Crippen molar-refractivity contribution >= 4 is 24.0 Å². The summed E-state index contributed by atoms with van der Waals surface area (Å²) in [6.07, 6.45) is -0.180. The minimum Gasteiger partial charge on any atom is -0.493 e. The molecular weight excluding hydrogens is 336 g/mol. The molecule has 1 amide bonds. The van der Waals surface area contributed by atoms with Crippen molar-refractivity contribution in [3.8, 4) is 17.2 Å². The van der Waals surface area contributed by atoms with Crippen LogP contribution in [0.5, 0.6) is 17.2 Å². The Labute approximate surface area is 148 Å². The Kier molecular flexibility index (Phi) is 7.59. The van der Waals surface area contributed by atoms with Crippen molar-refractivity contribution in [3.63, 3.8) is 0 Å². The van der Waals surface area contributed by atoms with Crippen molar-refractivity contribution in [2.75, 3.05) is 46.4 Å². The number of anilines is 1. The van der Waals surface area contributed by atoms with Gasteiger partial charge in [0.1, 0.15) is 6.04 Å². The van der Waals surface area contributed by atoms with Crippen molar-refractivity contribution in [2.24, 2.45) is 0 Å². The molecule has 0 radical (unpaired) electrons. The molecule has 1 aliphatic heterocycles. The SMILES string of the molecule is COc1cc(N(C)C(=O)[C@H]2NCCO[C@@H]2C)cc(OC)c1OC.Cl. The van der Waals surface area contributed by atoms with Gasteiger partial charge in [0, 0.05) is 25.7 Å². The summed E-state index contributed by atoms with van der Waals surface area (Å²) in [6.45, 7) is 3.15. The van der Waals surface area contributed by atoms with E-state index in [-0.39, 0.29) is 30.5 Å². The van der Waals surface area contributed by atoms with Crippen molar-refractivity contribution < 1.29 is 23.7 Å². The Bertz CT molecular complexity index is 544. The quantitative estimate of drug-likeness (QED) is 0.857. The van der Waals surface area contributed by atoms with Gasteiger partial charge in [0.2, 0.25) is 11.7 Å². The number of nitrogens with one attached hydrogen (secondary N) is 1. The smallest absolute Gasteiger partial charge is 0.246 e. The van der Waals surface area contributed by atoms with Crippen LogP contribution in [0.3, 0.4) is 0 Å². The van der Waals surface area contributed by atoms with Gasteiger partial charge in [-0.1, -0.05) is 0 Å². The van der Waals surface area contributed by atoms with Gasteiger partial charge in [-0.15, -0.1) is 12.4 Å². The van der Waals surface area contributed by atoms with Crippen molar-refractivity contribution in [1.29, 1.82) is 0 Å². The number of likely N-dealkylation sites (N-methyl/N-ethyl adjacent to an activating group) is 1. The molecular formula is C16H25ClN2O5. The molecule has 0 saturated carbocycles. The van der Waals surface area contributed by atoms with Crippen LogP contribution < -0.4 is 24.4 Å². The maximum absolute atomic E-state index is 12.7. The minimum atomic E-state index is -0.382. The highest BCUT2D eigenvalue weighted by Gasteiger charge is 2.31. The van der Waals surface area contributed by atoms with Crippen molar-refractivity contribution in [3.05, 3.63) is 12.1 Å². The van der Waals surface area contributed by atoms with E-state index >= 15 is 0 Å². The van der Waals surface area contributed by atoms with Gasteiger partial charge in [-0.3, -0.25) is 4.79 Å². The van der Waals surface area contributed by atoms with Crippen LogP contribution in [0.4, 0.5) is 5.69 Å². The van der Waals surface area contributed by atoms with Crippen LogP contribution >= 0.6 is 12.4 Å². The van der Waals surface area contributed by atoms with Crippen LogP contribution in [-0.2, 0) is 9.53 Å². The van der Waals surface area contributed by atoms with Gasteiger partial charge in [0.05, 0.1) is 39.7 Å². The summed E-state index contributed by atoms with van der Waals surface area (Å²) in [5, 5.41) is 3.20. The normalized spacial score (nSPS) is 19.9. The summed E-state index contributed by atoms with van der Waals surface area (Å²) in [7, 11) is 6.34. The van der Waals surface area contributed by atoms with Crippen molar-refractivity contribution in [2.45, 2.75) is 19.1 Å². The predicted molar refractivity (Wildman–Crippen MR) is 94.0 cm³/mol. The highest BCUT2D eigenvalue weighted by atomic mass is 35.5. The first-order valence-corrected chi connectivity index (χ1v) is 7.46. The Morgan fingerprint density at radius 1 is 1.21 bits per heavy atom. The molecule has 2 atom stereocenters. The number of rotatable bonds is 5. The first-order chi connectivity index (χ1) is 11.0. The summed E-state index contributed by atoms with van der Waals surface area (Å²) in [5.41, 5.74) is 0.657. The second kappa shape index (κ2) is 8.96. The molecule has 1 heterocycles. The minimum absolute atomic E-state index is 0. The molecule has 136 valence electrons. The average molecular weight is 361 g/mol. The second-order valence-corrected chi connectivity index (χ2v) is 5.29. The summed E-state index contributed by atoms with van der Waals surface area (Å²) >= 11 is 0. The van der Waals surface area contributed by atoms with E-state index in [0.717, 1.165) is 0 Å². The van der Waals surface area contributed by atoms with Gasteiger partial charge in [0.25, 0.3) is 0 Å². The van der Waals surface area contributed by atoms with E-state index in [1.807, 2.05) is 6.92 Å². The number of hydrogen-bond donors (Lipinski definition) is 1. The van der Waals surface area contributed by atoms with Crippen LogP contribution in [0.15, 0.2) is 12.1 Å². The zero-order valence-corrected chi connectivity index (χ0v) is 15.4. The van der Waals surface area contributed by atoms with Crippen molar-refractivity contribution in [1.82, 2.24) is 5.32 Å². The van der Waals surface area contributed by atoms with Gasteiger partial charge in [-0.05, 0) is 6.92 Å². The number of halogens is 1. The fraction of sp³-hybridized carbons (Fsp3) is 0.562. The summed E-state index contributed by atoms with van der Waals surface area (Å²) in [6, 6.07) is 3.11. The monoisotopic (exact) mass is 360 g/mol. The fourth-order valence-corrected chi connectivity index (χ4v) is 2.61. The van der Waals surface area contributed by atoms with Crippen LogP contribution in [0, 0.1) is 0 Å². The molecule has 7 nitrogen and oxygen atoms in total. The van der Waals surface area contributed by atoms with E-state index in [0.29, 0.717) is 36.1 Å². The van der Waals surface area contributed by atoms with Crippen LogP contribution in [0.25, 0.3) is 0 Å². The molecule has 24 heavy (non-hydrogen) atoms. The molecule has 1 N–H and O–H groups in total. The molecule has 1 aromatic rings. The molecule has 1 aromatic carbocycles. The van der Waals surface area contributed by atoms with Crippen LogP contribution in [0.2, 0.25) is 0 Å². The lowest BCUT2D eigenvalue weighted by Gasteiger charge is -2.32. The number of hydrogen-bond acceptors (Lipinski definition) is 6. The second-order valence-electron chi connectivity index (χ2n) is 5.29. The van der Waals surface area contributed by atoms with E-state index in [9.17, 15) is 4.79 Å². The third-order valence-corrected chi connectivity index (χ3v) is 3.95. The Balaban J connectivity index is 0.00000288. The highest BCUT2D eigenvalue weighted by molar-refractivity contribution is 5.97. The van der Waals surface area contributed by atoms with Crippen LogP contribution in [0.1, 0.15) is 6.92 Å². The lowest BCUT2D eigenvalue weighted by atomic mass is 10.1. The van der Waals surface area contributed by atoms with Gasteiger partial charge >= 0.3 is 0 Å². The Morgan fingerprint density at radius 3 is 2.25 bits per heavy atom. The summed E-state index contributed by atoms with van der Waals surface area (Å²) < 4.78 is 21.5. The lowest BCUT2D eigenvalue weighted by Crippen LogP contribution is -2.55. The maximum atomic E-state index is 12.7. The molecule has 2 rings (SSSR count). The zero-order valence-electron chi connectivity index (χ0n) is 14.6. The van der Waals surface area contributed by atoms with Gasteiger partial charge in [0.15, 0.2) is 11.5 Å². The largest absolute Gasteiger partial charge is 0.493 e. The fourth-order valence-electron chi connectivity index (χ4n) is 2.61. The predicted octanol–water partition coefficient (Wildman–Crippen LogP) is 1.47.